The zero-order valence-corrected chi connectivity index (χ0v) is 19.4. The van der Waals surface area contributed by atoms with E-state index >= 15 is 0 Å². The largest absolute Gasteiger partial charge is 0.349 e. The van der Waals surface area contributed by atoms with Crippen molar-refractivity contribution in [2.45, 2.75) is 64.8 Å². The van der Waals surface area contributed by atoms with Crippen LogP contribution in [0.25, 0.3) is 0 Å². The lowest BCUT2D eigenvalue weighted by Crippen LogP contribution is -2.42. The van der Waals surface area contributed by atoms with E-state index in [1.807, 2.05) is 31.7 Å². The van der Waals surface area contributed by atoms with Crippen LogP contribution in [0.2, 0.25) is 5.02 Å². The first-order valence-electron chi connectivity index (χ1n) is 11.0. The molecule has 1 aromatic heterocycles. The minimum atomic E-state index is -0.477. The Morgan fingerprint density at radius 3 is 2.65 bits per heavy atom. The predicted octanol–water partition coefficient (Wildman–Crippen LogP) is 4.96. The second-order valence-corrected chi connectivity index (χ2v) is 9.92. The number of fused-ring (bicyclic) bond motifs is 1. The van der Waals surface area contributed by atoms with Crippen molar-refractivity contribution < 1.29 is 9.59 Å². The number of aromatic nitrogens is 1. The first-order valence-corrected chi connectivity index (χ1v) is 11.4. The van der Waals surface area contributed by atoms with Crippen LogP contribution in [0.15, 0.2) is 30.5 Å². The summed E-state index contributed by atoms with van der Waals surface area (Å²) in [7, 11) is 0. The lowest BCUT2D eigenvalue weighted by atomic mass is 9.83. The van der Waals surface area contributed by atoms with E-state index in [-0.39, 0.29) is 17.9 Å². The minimum Gasteiger partial charge on any atom is -0.349 e. The second-order valence-electron chi connectivity index (χ2n) is 9.49. The normalized spacial score (nSPS) is 22.4. The molecule has 1 aliphatic carbocycles. The number of amides is 2. The molecular formula is C25H30ClN3O2. The molecule has 0 bridgehead atoms. The zero-order chi connectivity index (χ0) is 22.3. The van der Waals surface area contributed by atoms with Crippen LogP contribution >= 0.6 is 11.6 Å². The summed E-state index contributed by atoms with van der Waals surface area (Å²) in [4.78, 5) is 32.0. The summed E-state index contributed by atoms with van der Waals surface area (Å²) in [5.41, 5.74) is 4.14. The van der Waals surface area contributed by atoms with Gasteiger partial charge < -0.3 is 10.2 Å². The summed E-state index contributed by atoms with van der Waals surface area (Å²) < 4.78 is 0. The van der Waals surface area contributed by atoms with Crippen LogP contribution in [-0.4, -0.2) is 29.4 Å². The first kappa shape index (κ1) is 21.8. The summed E-state index contributed by atoms with van der Waals surface area (Å²) in [6.07, 6.45) is 5.36. The number of carbonyl (C=O) groups is 2. The molecule has 0 saturated heterocycles. The number of rotatable bonds is 4. The third-order valence-corrected chi connectivity index (χ3v) is 7.07. The fraction of sp³-hybridized carbons (Fsp3) is 0.480. The Balaban J connectivity index is 1.38. The van der Waals surface area contributed by atoms with Crippen molar-refractivity contribution in [3.05, 3.63) is 57.9 Å². The molecule has 0 spiro atoms. The molecule has 164 valence electrons. The molecule has 2 aliphatic rings. The second kappa shape index (κ2) is 8.27. The molecule has 2 aromatic rings. The molecule has 1 fully saturated rings. The lowest BCUT2D eigenvalue weighted by Gasteiger charge is -2.32. The molecule has 4 rings (SSSR count). The highest BCUT2D eigenvalue weighted by molar-refractivity contribution is 6.30. The van der Waals surface area contributed by atoms with Crippen LogP contribution in [0.5, 0.6) is 0 Å². The van der Waals surface area contributed by atoms with E-state index in [0.29, 0.717) is 22.2 Å². The third kappa shape index (κ3) is 4.08. The Labute approximate surface area is 189 Å². The number of halogens is 1. The molecule has 0 unspecified atom stereocenters. The highest BCUT2D eigenvalue weighted by Gasteiger charge is 2.45. The van der Waals surface area contributed by atoms with Gasteiger partial charge in [-0.25, -0.2) is 0 Å². The van der Waals surface area contributed by atoms with Crippen LogP contribution in [0.4, 0.5) is 5.69 Å². The number of nitrogens with one attached hydrogen (secondary N) is 1. The fourth-order valence-corrected chi connectivity index (χ4v) is 5.33. The summed E-state index contributed by atoms with van der Waals surface area (Å²) in [5.74, 6) is 0.516. The summed E-state index contributed by atoms with van der Waals surface area (Å²) in [6, 6.07) is 8.01. The van der Waals surface area contributed by atoms with Gasteiger partial charge in [-0.05, 0) is 82.6 Å². The summed E-state index contributed by atoms with van der Waals surface area (Å²) in [6.45, 7) is 8.70. The van der Waals surface area contributed by atoms with E-state index in [9.17, 15) is 9.59 Å². The van der Waals surface area contributed by atoms with Gasteiger partial charge in [0, 0.05) is 24.5 Å². The van der Waals surface area contributed by atoms with E-state index in [1.54, 1.807) is 12.3 Å². The smallest absolute Gasteiger partial charge is 0.253 e. The van der Waals surface area contributed by atoms with Crippen LogP contribution in [0.3, 0.4) is 0 Å². The number of nitrogens with zero attached hydrogens (tertiary/aromatic N) is 2. The first-order chi connectivity index (χ1) is 14.7. The Kier molecular flexibility index (Phi) is 5.82. The van der Waals surface area contributed by atoms with Crippen molar-refractivity contribution >= 4 is 29.1 Å². The number of hydrogen-bond acceptors (Lipinski definition) is 3. The molecule has 2 heterocycles. The SMILES string of the molecule is Cc1cccc2c1C(C)(C)C(=O)N2CC1CCC(NC(=O)c2cc(Cl)cnc2C)CC1. The molecule has 0 atom stereocenters. The maximum atomic E-state index is 13.2. The standard InChI is InChI=1S/C25H30ClN3O2/c1-15-6-5-7-21-22(15)25(3,4)24(31)29(21)14-17-8-10-19(11-9-17)28-23(30)20-12-18(26)13-27-16(20)2/h5-7,12-13,17,19H,8-11,14H2,1-4H3,(H,28,30). The molecule has 2 amide bonds. The van der Waals surface area contributed by atoms with Gasteiger partial charge in [0.05, 0.1) is 21.7 Å². The van der Waals surface area contributed by atoms with E-state index in [4.69, 9.17) is 11.6 Å². The highest BCUT2D eigenvalue weighted by Crippen LogP contribution is 2.44. The molecule has 31 heavy (non-hydrogen) atoms. The van der Waals surface area contributed by atoms with Gasteiger partial charge in [0.1, 0.15) is 0 Å². The van der Waals surface area contributed by atoms with Crippen LogP contribution in [0, 0.1) is 19.8 Å². The van der Waals surface area contributed by atoms with Gasteiger partial charge in [0.25, 0.3) is 5.91 Å². The topological polar surface area (TPSA) is 62.3 Å². The number of anilines is 1. The number of aryl methyl sites for hydroxylation is 2. The van der Waals surface area contributed by atoms with Gasteiger partial charge in [0.2, 0.25) is 5.91 Å². The van der Waals surface area contributed by atoms with Gasteiger partial charge in [-0.3, -0.25) is 14.6 Å². The highest BCUT2D eigenvalue weighted by atomic mass is 35.5. The number of hydrogen-bond donors (Lipinski definition) is 1. The zero-order valence-electron chi connectivity index (χ0n) is 18.7. The number of benzene rings is 1. The molecule has 5 nitrogen and oxygen atoms in total. The third-order valence-electron chi connectivity index (χ3n) is 6.87. The predicted molar refractivity (Wildman–Crippen MR) is 124 cm³/mol. The minimum absolute atomic E-state index is 0.114. The van der Waals surface area contributed by atoms with E-state index in [0.717, 1.165) is 43.5 Å². The van der Waals surface area contributed by atoms with Crippen molar-refractivity contribution in [1.29, 1.82) is 0 Å². The van der Waals surface area contributed by atoms with Crippen LogP contribution in [0.1, 0.15) is 66.7 Å². The van der Waals surface area contributed by atoms with Crippen molar-refractivity contribution in [2.24, 2.45) is 5.92 Å². The average molecular weight is 440 g/mol. The van der Waals surface area contributed by atoms with Crippen molar-refractivity contribution in [1.82, 2.24) is 10.3 Å². The van der Waals surface area contributed by atoms with Gasteiger partial charge in [0.15, 0.2) is 0 Å². The molecule has 1 N–H and O–H groups in total. The Hall–Kier alpha value is -2.40. The van der Waals surface area contributed by atoms with Gasteiger partial charge >= 0.3 is 0 Å². The molecule has 1 aromatic carbocycles. The Bertz CT molecular complexity index is 1030. The lowest BCUT2D eigenvalue weighted by molar-refractivity contribution is -0.122. The van der Waals surface area contributed by atoms with Gasteiger partial charge in [-0.1, -0.05) is 23.7 Å². The van der Waals surface area contributed by atoms with Crippen LogP contribution < -0.4 is 10.2 Å². The molecule has 6 heteroatoms. The van der Waals surface area contributed by atoms with E-state index in [1.165, 1.54) is 5.56 Å². The van der Waals surface area contributed by atoms with Crippen molar-refractivity contribution in [3.63, 3.8) is 0 Å². The van der Waals surface area contributed by atoms with Crippen molar-refractivity contribution in [2.75, 3.05) is 11.4 Å². The Morgan fingerprint density at radius 2 is 1.94 bits per heavy atom. The maximum Gasteiger partial charge on any atom is 0.253 e. The van der Waals surface area contributed by atoms with Crippen LogP contribution in [-0.2, 0) is 10.2 Å². The molecule has 0 radical (unpaired) electrons. The average Bonchev–Trinajstić information content (AvgIpc) is 2.92. The van der Waals surface area contributed by atoms with Gasteiger partial charge in [-0.15, -0.1) is 0 Å². The molecular weight excluding hydrogens is 410 g/mol. The summed E-state index contributed by atoms with van der Waals surface area (Å²) in [5, 5.41) is 3.61. The number of pyridine rings is 1. The van der Waals surface area contributed by atoms with Crippen molar-refractivity contribution in [3.8, 4) is 0 Å². The van der Waals surface area contributed by atoms with E-state index in [2.05, 4.69) is 29.4 Å². The molecule has 1 saturated carbocycles. The molecule has 1 aliphatic heterocycles. The maximum absolute atomic E-state index is 13.2. The number of carbonyl (C=O) groups excluding carboxylic acids is 2. The Morgan fingerprint density at radius 1 is 1.23 bits per heavy atom. The van der Waals surface area contributed by atoms with E-state index < -0.39 is 5.41 Å². The fourth-order valence-electron chi connectivity index (χ4n) is 5.17. The van der Waals surface area contributed by atoms with Gasteiger partial charge in [-0.2, -0.15) is 0 Å². The summed E-state index contributed by atoms with van der Waals surface area (Å²) >= 11 is 6.01. The monoisotopic (exact) mass is 439 g/mol. The quantitative estimate of drug-likeness (QED) is 0.731.